The van der Waals surface area contributed by atoms with E-state index < -0.39 is 7.25 Å². The zero-order valence-corrected chi connectivity index (χ0v) is 10.5. The Bertz CT molecular complexity index is 219. The highest BCUT2D eigenvalue weighted by molar-refractivity contribution is 14.1. The fourth-order valence-corrected chi connectivity index (χ4v) is 1.15. The second-order valence-electron chi connectivity index (χ2n) is 1.93. The van der Waals surface area contributed by atoms with Crippen molar-refractivity contribution in [2.75, 3.05) is 0 Å². The van der Waals surface area contributed by atoms with Crippen LogP contribution < -0.4 is 0 Å². The zero-order chi connectivity index (χ0) is 10.5. The van der Waals surface area contributed by atoms with Crippen LogP contribution in [0.4, 0.5) is 17.3 Å². The molecule has 1 aromatic rings. The van der Waals surface area contributed by atoms with E-state index in [1.54, 1.807) is 0 Å². The highest BCUT2D eigenvalue weighted by Crippen LogP contribution is 2.07. The normalized spacial score (nSPS) is 10.3. The van der Waals surface area contributed by atoms with Gasteiger partial charge in [0.25, 0.3) is 0 Å². The first kappa shape index (κ1) is 13.5. The van der Waals surface area contributed by atoms with E-state index in [1.165, 1.54) is 7.14 Å². The van der Waals surface area contributed by atoms with Crippen molar-refractivity contribution in [2.24, 2.45) is 0 Å². The average molecular weight is 417 g/mol. The molecule has 0 unspecified atom stereocenters. The number of hydrogen-bond acceptors (Lipinski definition) is 0. The highest BCUT2D eigenvalue weighted by Gasteiger charge is 2.20. The summed E-state index contributed by atoms with van der Waals surface area (Å²) in [5, 5.41) is 0. The van der Waals surface area contributed by atoms with Gasteiger partial charge in [-0.25, -0.2) is 0 Å². The molecule has 1 aromatic carbocycles. The van der Waals surface area contributed by atoms with Crippen molar-refractivity contribution in [3.05, 3.63) is 31.4 Å². The van der Waals surface area contributed by atoms with Gasteiger partial charge in [0.1, 0.15) is 0 Å². The second-order valence-corrected chi connectivity index (χ2v) is 4.42. The van der Waals surface area contributed by atoms with Gasteiger partial charge in [-0.15, -0.1) is 0 Å². The lowest BCUT2D eigenvalue weighted by Crippen LogP contribution is -2.02. The lowest BCUT2D eigenvalue weighted by atomic mass is 10.3. The van der Waals surface area contributed by atoms with Crippen LogP contribution in [-0.4, -0.2) is 7.25 Å². The zero-order valence-electron chi connectivity index (χ0n) is 6.15. The quantitative estimate of drug-likeness (QED) is 0.338. The van der Waals surface area contributed by atoms with Gasteiger partial charge in [0.2, 0.25) is 0 Å². The Morgan fingerprint density at radius 1 is 0.769 bits per heavy atom. The van der Waals surface area contributed by atoms with Gasteiger partial charge in [-0.05, 0) is 69.4 Å². The summed E-state index contributed by atoms with van der Waals surface area (Å²) in [6, 6.07) is 8.40. The van der Waals surface area contributed by atoms with Crippen molar-refractivity contribution < 1.29 is 17.3 Å². The predicted octanol–water partition coefficient (Wildman–Crippen LogP) is 4.20. The van der Waals surface area contributed by atoms with E-state index in [9.17, 15) is 17.3 Å². The monoisotopic (exact) mass is 417 g/mol. The van der Waals surface area contributed by atoms with Crippen molar-refractivity contribution >= 4 is 52.4 Å². The lowest BCUT2D eigenvalue weighted by Gasteiger charge is -1.94. The summed E-state index contributed by atoms with van der Waals surface area (Å²) in [7, 11) is -6.00. The van der Waals surface area contributed by atoms with Gasteiger partial charge in [-0.3, -0.25) is 0 Å². The summed E-state index contributed by atoms with van der Waals surface area (Å²) in [5.41, 5.74) is 0. The number of rotatable bonds is 0. The molecule has 0 radical (unpaired) electrons. The summed E-state index contributed by atoms with van der Waals surface area (Å²) in [5.74, 6) is 0. The topological polar surface area (TPSA) is 0 Å². The molecule has 0 atom stereocenters. The molecule has 0 saturated heterocycles. The largest absolute Gasteiger partial charge is 0.673 e. The molecule has 0 amide bonds. The van der Waals surface area contributed by atoms with E-state index in [1.807, 2.05) is 0 Å². The van der Waals surface area contributed by atoms with E-state index >= 15 is 0 Å². The first-order valence-electron chi connectivity index (χ1n) is 3.07. The molecule has 0 bridgehead atoms. The molecular formula is C6H4BF4I2-. The maximum absolute atomic E-state index is 9.75. The molecule has 0 N–H and O–H groups in total. The highest BCUT2D eigenvalue weighted by atomic mass is 127. The summed E-state index contributed by atoms with van der Waals surface area (Å²) in [6.07, 6.45) is 0. The first-order chi connectivity index (χ1) is 5.79. The van der Waals surface area contributed by atoms with Gasteiger partial charge in [0.15, 0.2) is 0 Å². The van der Waals surface area contributed by atoms with Gasteiger partial charge in [0.05, 0.1) is 0 Å². The third-order valence-electron chi connectivity index (χ3n) is 0.804. The van der Waals surface area contributed by atoms with Gasteiger partial charge in [-0.1, -0.05) is 0 Å². The number of benzene rings is 1. The van der Waals surface area contributed by atoms with E-state index in [2.05, 4.69) is 69.4 Å². The SMILES string of the molecule is F[B-](F)(F)F.Ic1ccc(I)cc1. The summed E-state index contributed by atoms with van der Waals surface area (Å²) in [6.45, 7) is 0. The number of halogens is 6. The average Bonchev–Trinajstić information content (AvgIpc) is 1.92. The van der Waals surface area contributed by atoms with Crippen molar-refractivity contribution in [2.45, 2.75) is 0 Å². The molecule has 13 heavy (non-hydrogen) atoms. The molecule has 0 spiro atoms. The minimum Gasteiger partial charge on any atom is -0.418 e. The summed E-state index contributed by atoms with van der Waals surface area (Å²) >= 11 is 4.59. The Kier molecular flexibility index (Phi) is 6.26. The molecular weight excluding hydrogens is 413 g/mol. The molecule has 0 heterocycles. The Morgan fingerprint density at radius 3 is 1.08 bits per heavy atom. The minimum absolute atomic E-state index is 1.29. The van der Waals surface area contributed by atoms with E-state index in [0.29, 0.717) is 0 Å². The van der Waals surface area contributed by atoms with Crippen molar-refractivity contribution in [1.29, 1.82) is 0 Å². The predicted molar refractivity (Wildman–Crippen MR) is 62.1 cm³/mol. The molecule has 0 aromatic heterocycles. The molecule has 1 rings (SSSR count). The van der Waals surface area contributed by atoms with E-state index in [4.69, 9.17) is 0 Å². The fourth-order valence-electron chi connectivity index (χ4n) is 0.430. The maximum Gasteiger partial charge on any atom is 0.673 e. The first-order valence-corrected chi connectivity index (χ1v) is 5.23. The summed E-state index contributed by atoms with van der Waals surface area (Å²) < 4.78 is 41.6. The molecule has 0 nitrogen and oxygen atoms in total. The Labute approximate surface area is 100 Å². The van der Waals surface area contributed by atoms with Crippen LogP contribution in [-0.2, 0) is 0 Å². The lowest BCUT2D eigenvalue weighted by molar-refractivity contribution is 0.368. The van der Waals surface area contributed by atoms with Crippen molar-refractivity contribution in [3.63, 3.8) is 0 Å². The Hall–Kier alpha value is 0.465. The van der Waals surface area contributed by atoms with Crippen molar-refractivity contribution in [3.8, 4) is 0 Å². The third kappa shape index (κ3) is 12.5. The standard InChI is InChI=1S/C6H4I2.BF4/c7-5-1-2-6(8)4-3-5;2-1(3,4)5/h1-4H;/q;-1. The molecule has 0 aliphatic carbocycles. The van der Waals surface area contributed by atoms with Crippen LogP contribution in [0.2, 0.25) is 0 Å². The maximum atomic E-state index is 9.75. The van der Waals surface area contributed by atoms with Gasteiger partial charge in [-0.2, -0.15) is 0 Å². The van der Waals surface area contributed by atoms with Crippen molar-refractivity contribution in [1.82, 2.24) is 0 Å². The molecule has 0 aliphatic heterocycles. The van der Waals surface area contributed by atoms with Crippen LogP contribution in [0.1, 0.15) is 0 Å². The second kappa shape index (κ2) is 6.04. The van der Waals surface area contributed by atoms with Gasteiger partial charge in [0, 0.05) is 7.14 Å². The van der Waals surface area contributed by atoms with Crippen LogP contribution in [0.5, 0.6) is 0 Å². The van der Waals surface area contributed by atoms with Gasteiger partial charge >= 0.3 is 7.25 Å². The molecule has 0 aliphatic rings. The van der Waals surface area contributed by atoms with Crippen LogP contribution in [0, 0.1) is 7.14 Å². The molecule has 0 fully saturated rings. The summed E-state index contributed by atoms with van der Waals surface area (Å²) in [4.78, 5) is 0. The van der Waals surface area contributed by atoms with Crippen LogP contribution in [0.15, 0.2) is 24.3 Å². The third-order valence-corrected chi connectivity index (χ3v) is 2.24. The van der Waals surface area contributed by atoms with Crippen LogP contribution >= 0.6 is 45.2 Å². The smallest absolute Gasteiger partial charge is 0.418 e. The minimum atomic E-state index is -6.00. The van der Waals surface area contributed by atoms with Crippen LogP contribution in [0.25, 0.3) is 0 Å². The van der Waals surface area contributed by atoms with Gasteiger partial charge < -0.3 is 17.3 Å². The Morgan fingerprint density at radius 2 is 0.923 bits per heavy atom. The molecule has 74 valence electrons. The van der Waals surface area contributed by atoms with E-state index in [0.717, 1.165) is 0 Å². The number of hydrogen-bond donors (Lipinski definition) is 0. The molecule has 7 heteroatoms. The fraction of sp³-hybridized carbons (Fsp3) is 0. The van der Waals surface area contributed by atoms with Crippen LogP contribution in [0.3, 0.4) is 0 Å². The molecule has 0 saturated carbocycles. The van der Waals surface area contributed by atoms with E-state index in [-0.39, 0.29) is 0 Å². The Balaban J connectivity index is 0.000000252.